The van der Waals surface area contributed by atoms with E-state index in [0.29, 0.717) is 0 Å². The molecule has 0 saturated carbocycles. The number of benzene rings is 2. The maximum Gasteiger partial charge on any atom is 0.291 e. The number of amides is 1. The van der Waals surface area contributed by atoms with Crippen molar-refractivity contribution in [3.05, 3.63) is 96.2 Å². The topological polar surface area (TPSA) is 85.1 Å². The van der Waals surface area contributed by atoms with Gasteiger partial charge < -0.3 is 0 Å². The second-order valence-electron chi connectivity index (χ2n) is 6.37. The van der Waals surface area contributed by atoms with Gasteiger partial charge in [-0.25, -0.2) is 15.1 Å². The van der Waals surface area contributed by atoms with Crippen LogP contribution in [0.2, 0.25) is 0 Å². The number of nitrogens with one attached hydrogen (secondary N) is 1. The summed E-state index contributed by atoms with van der Waals surface area (Å²) in [5, 5.41) is 8.83. The van der Waals surface area contributed by atoms with E-state index in [2.05, 4.69) is 26.6 Å². The van der Waals surface area contributed by atoms with Crippen LogP contribution in [0, 0.1) is 6.92 Å². The molecule has 0 saturated heterocycles. The average molecular weight is 382 g/mol. The lowest BCUT2D eigenvalue weighted by Gasteiger charge is -2.01. The fraction of sp³-hybridized carbons (Fsp3) is 0.0455. The number of rotatable bonds is 5. The normalized spacial score (nSPS) is 10.9. The summed E-state index contributed by atoms with van der Waals surface area (Å²) in [6.45, 7) is 2.03. The van der Waals surface area contributed by atoms with Crippen LogP contribution in [0.5, 0.6) is 0 Å². The fourth-order valence-corrected chi connectivity index (χ4v) is 2.85. The standard InChI is InChI=1S/C22H18N6O/c1-16-6-5-7-17(12-16)21-18(15-28(27-21)19-8-3-2-4-9-19)13-25-26-22(29)20-14-23-10-11-24-20/h2-15H,1H3,(H,26,29)/b25-13-. The third kappa shape index (κ3) is 4.24. The number of hydrogen-bond donors (Lipinski definition) is 1. The summed E-state index contributed by atoms with van der Waals surface area (Å²) in [6.07, 6.45) is 7.81. The van der Waals surface area contributed by atoms with Crippen molar-refractivity contribution in [2.45, 2.75) is 6.92 Å². The first-order valence-electron chi connectivity index (χ1n) is 9.02. The van der Waals surface area contributed by atoms with Gasteiger partial charge in [0, 0.05) is 29.7 Å². The van der Waals surface area contributed by atoms with E-state index in [-0.39, 0.29) is 5.69 Å². The number of aromatic nitrogens is 4. The highest BCUT2D eigenvalue weighted by atomic mass is 16.2. The Labute approximate surface area is 167 Å². The van der Waals surface area contributed by atoms with E-state index in [1.165, 1.54) is 18.6 Å². The molecule has 0 aliphatic carbocycles. The van der Waals surface area contributed by atoms with E-state index >= 15 is 0 Å². The quantitative estimate of drug-likeness (QED) is 0.423. The van der Waals surface area contributed by atoms with Gasteiger partial charge in [-0.05, 0) is 25.1 Å². The van der Waals surface area contributed by atoms with Gasteiger partial charge in [-0.2, -0.15) is 10.2 Å². The maximum atomic E-state index is 12.1. The minimum absolute atomic E-state index is 0.198. The zero-order chi connectivity index (χ0) is 20.1. The third-order valence-corrected chi connectivity index (χ3v) is 4.22. The Balaban J connectivity index is 1.66. The van der Waals surface area contributed by atoms with Gasteiger partial charge >= 0.3 is 0 Å². The lowest BCUT2D eigenvalue weighted by molar-refractivity contribution is 0.0949. The van der Waals surface area contributed by atoms with Crippen LogP contribution in [0.25, 0.3) is 16.9 Å². The van der Waals surface area contributed by atoms with Crippen molar-refractivity contribution in [3.63, 3.8) is 0 Å². The zero-order valence-electron chi connectivity index (χ0n) is 15.7. The summed E-state index contributed by atoms with van der Waals surface area (Å²) >= 11 is 0. The highest BCUT2D eigenvalue weighted by molar-refractivity contribution is 5.94. The molecule has 4 rings (SSSR count). The second kappa shape index (κ2) is 8.26. The van der Waals surface area contributed by atoms with Gasteiger partial charge in [-0.3, -0.25) is 9.78 Å². The van der Waals surface area contributed by atoms with Gasteiger partial charge in [0.2, 0.25) is 0 Å². The number of carbonyl (C=O) groups is 1. The Morgan fingerprint density at radius 1 is 1.10 bits per heavy atom. The van der Waals surface area contributed by atoms with Crippen LogP contribution < -0.4 is 5.43 Å². The van der Waals surface area contributed by atoms with Crippen molar-refractivity contribution in [3.8, 4) is 16.9 Å². The summed E-state index contributed by atoms with van der Waals surface area (Å²) in [5.41, 5.74) is 7.27. The molecule has 0 spiro atoms. The van der Waals surface area contributed by atoms with Crippen molar-refractivity contribution in [1.82, 2.24) is 25.2 Å². The molecule has 0 aliphatic heterocycles. The van der Waals surface area contributed by atoms with Crippen molar-refractivity contribution >= 4 is 12.1 Å². The monoisotopic (exact) mass is 382 g/mol. The fourth-order valence-electron chi connectivity index (χ4n) is 2.85. The van der Waals surface area contributed by atoms with Crippen LogP contribution in [-0.2, 0) is 0 Å². The first kappa shape index (κ1) is 18.2. The highest BCUT2D eigenvalue weighted by Crippen LogP contribution is 2.23. The van der Waals surface area contributed by atoms with E-state index in [9.17, 15) is 4.79 Å². The van der Waals surface area contributed by atoms with E-state index in [4.69, 9.17) is 5.10 Å². The van der Waals surface area contributed by atoms with Gasteiger partial charge in [0.05, 0.1) is 18.1 Å². The first-order valence-corrected chi connectivity index (χ1v) is 9.02. The molecule has 1 N–H and O–H groups in total. The summed E-state index contributed by atoms with van der Waals surface area (Å²) < 4.78 is 1.80. The number of aryl methyl sites for hydroxylation is 1. The van der Waals surface area contributed by atoms with Gasteiger partial charge in [0.15, 0.2) is 0 Å². The Morgan fingerprint density at radius 3 is 2.72 bits per heavy atom. The number of para-hydroxylation sites is 1. The molecule has 0 fully saturated rings. The molecular weight excluding hydrogens is 364 g/mol. The molecular formula is C22H18N6O. The minimum atomic E-state index is -0.429. The third-order valence-electron chi connectivity index (χ3n) is 4.22. The highest BCUT2D eigenvalue weighted by Gasteiger charge is 2.12. The minimum Gasteiger partial charge on any atom is -0.265 e. The van der Waals surface area contributed by atoms with Crippen molar-refractivity contribution < 1.29 is 4.79 Å². The van der Waals surface area contributed by atoms with Crippen LogP contribution in [-0.4, -0.2) is 31.9 Å². The van der Waals surface area contributed by atoms with E-state index in [1.807, 2.05) is 61.7 Å². The largest absolute Gasteiger partial charge is 0.291 e. The number of carbonyl (C=O) groups excluding carboxylic acids is 1. The second-order valence-corrected chi connectivity index (χ2v) is 6.37. The van der Waals surface area contributed by atoms with Gasteiger partial charge in [-0.1, -0.05) is 42.0 Å². The Hall–Kier alpha value is -4.13. The van der Waals surface area contributed by atoms with Crippen LogP contribution in [0.15, 0.2) is 84.5 Å². The molecule has 0 unspecified atom stereocenters. The molecule has 29 heavy (non-hydrogen) atoms. The maximum absolute atomic E-state index is 12.1. The smallest absolute Gasteiger partial charge is 0.265 e. The number of nitrogens with zero attached hydrogens (tertiary/aromatic N) is 5. The lowest BCUT2D eigenvalue weighted by atomic mass is 10.1. The summed E-state index contributed by atoms with van der Waals surface area (Å²) in [6, 6.07) is 17.9. The molecule has 0 aliphatic rings. The van der Waals surface area contributed by atoms with E-state index in [1.54, 1.807) is 10.9 Å². The van der Waals surface area contributed by atoms with Crippen molar-refractivity contribution in [2.24, 2.45) is 5.10 Å². The van der Waals surface area contributed by atoms with Gasteiger partial charge in [0.25, 0.3) is 5.91 Å². The summed E-state index contributed by atoms with van der Waals surface area (Å²) in [5.74, 6) is -0.429. The van der Waals surface area contributed by atoms with E-state index < -0.39 is 5.91 Å². The van der Waals surface area contributed by atoms with Crippen LogP contribution in [0.1, 0.15) is 21.6 Å². The Bertz CT molecular complexity index is 1150. The van der Waals surface area contributed by atoms with E-state index in [0.717, 1.165) is 28.1 Å². The Morgan fingerprint density at radius 2 is 1.97 bits per heavy atom. The molecule has 0 atom stereocenters. The molecule has 7 nitrogen and oxygen atoms in total. The molecule has 4 aromatic rings. The van der Waals surface area contributed by atoms with Gasteiger partial charge in [-0.15, -0.1) is 0 Å². The first-order chi connectivity index (χ1) is 14.2. The van der Waals surface area contributed by atoms with Crippen LogP contribution in [0.3, 0.4) is 0 Å². The Kier molecular flexibility index (Phi) is 5.20. The van der Waals surface area contributed by atoms with Crippen LogP contribution >= 0.6 is 0 Å². The van der Waals surface area contributed by atoms with Gasteiger partial charge in [0.1, 0.15) is 11.4 Å². The molecule has 1 amide bonds. The SMILES string of the molecule is Cc1cccc(-c2nn(-c3ccccc3)cc2/C=N\NC(=O)c2cnccn2)c1. The molecule has 142 valence electrons. The molecule has 0 radical (unpaired) electrons. The molecule has 0 bridgehead atoms. The molecule has 2 aromatic carbocycles. The predicted molar refractivity (Wildman–Crippen MR) is 111 cm³/mol. The van der Waals surface area contributed by atoms with Crippen molar-refractivity contribution in [2.75, 3.05) is 0 Å². The summed E-state index contributed by atoms with van der Waals surface area (Å²) in [4.78, 5) is 20.0. The average Bonchev–Trinajstić information content (AvgIpc) is 3.19. The molecule has 7 heteroatoms. The van der Waals surface area contributed by atoms with Crippen LogP contribution in [0.4, 0.5) is 0 Å². The zero-order valence-corrected chi connectivity index (χ0v) is 15.7. The predicted octanol–water partition coefficient (Wildman–Crippen LogP) is 3.40. The summed E-state index contributed by atoms with van der Waals surface area (Å²) in [7, 11) is 0. The number of hydrogen-bond acceptors (Lipinski definition) is 5. The molecule has 2 heterocycles. The van der Waals surface area contributed by atoms with Crippen molar-refractivity contribution in [1.29, 1.82) is 0 Å². The number of hydrazone groups is 1. The molecule has 2 aromatic heterocycles. The lowest BCUT2D eigenvalue weighted by Crippen LogP contribution is -2.19.